The molecule has 110 valence electrons. The summed E-state index contributed by atoms with van der Waals surface area (Å²) in [5, 5.41) is 4.14. The minimum atomic E-state index is -0.0818. The number of aryl methyl sites for hydroxylation is 1. The molecule has 0 aromatic heterocycles. The maximum Gasteiger partial charge on any atom is 0.252 e. The number of carbonyl (C=O) groups excluding carboxylic acids is 1. The van der Waals surface area contributed by atoms with Crippen molar-refractivity contribution in [3.63, 3.8) is 0 Å². The van der Waals surface area contributed by atoms with Crippen molar-refractivity contribution in [1.82, 2.24) is 5.32 Å². The van der Waals surface area contributed by atoms with E-state index in [1.807, 2.05) is 25.1 Å². The van der Waals surface area contributed by atoms with Gasteiger partial charge in [-0.1, -0.05) is 47.8 Å². The third-order valence-electron chi connectivity index (χ3n) is 4.16. The van der Waals surface area contributed by atoms with Crippen LogP contribution in [0.2, 0.25) is 0 Å². The number of halogens is 2. The highest BCUT2D eigenvalue weighted by atomic mass is 127. The average molecular weight is 450 g/mol. The third-order valence-corrected chi connectivity index (χ3v) is 6.67. The van der Waals surface area contributed by atoms with Crippen molar-refractivity contribution in [1.29, 1.82) is 0 Å². The van der Waals surface area contributed by atoms with E-state index in [1.165, 1.54) is 12.8 Å². The Kier molecular flexibility index (Phi) is 5.51. The first-order valence-electron chi connectivity index (χ1n) is 7.11. The van der Waals surface area contributed by atoms with Gasteiger partial charge in [0.2, 0.25) is 0 Å². The Morgan fingerprint density at radius 1 is 1.55 bits per heavy atom. The van der Waals surface area contributed by atoms with E-state index in [1.54, 1.807) is 0 Å². The van der Waals surface area contributed by atoms with E-state index >= 15 is 0 Å². The van der Waals surface area contributed by atoms with E-state index in [-0.39, 0.29) is 11.4 Å². The van der Waals surface area contributed by atoms with Crippen LogP contribution in [-0.4, -0.2) is 16.8 Å². The Morgan fingerprint density at radius 3 is 2.95 bits per heavy atom. The number of alkyl halides is 1. The van der Waals surface area contributed by atoms with Crippen molar-refractivity contribution in [2.24, 2.45) is 5.92 Å². The highest BCUT2D eigenvalue weighted by Crippen LogP contribution is 2.34. The van der Waals surface area contributed by atoms with Gasteiger partial charge >= 0.3 is 0 Å². The second kappa shape index (κ2) is 6.77. The molecule has 2 rings (SSSR count). The third kappa shape index (κ3) is 3.56. The highest BCUT2D eigenvalue weighted by Gasteiger charge is 2.35. The van der Waals surface area contributed by atoms with E-state index in [0.717, 1.165) is 32.9 Å². The van der Waals surface area contributed by atoms with Crippen molar-refractivity contribution < 1.29 is 4.79 Å². The van der Waals surface area contributed by atoms with E-state index in [0.29, 0.717) is 5.92 Å². The summed E-state index contributed by atoms with van der Waals surface area (Å²) in [6.45, 7) is 4.32. The van der Waals surface area contributed by atoms with Gasteiger partial charge in [0.15, 0.2) is 0 Å². The summed E-state index contributed by atoms with van der Waals surface area (Å²) in [4.78, 5) is 12.6. The standard InChI is InChI=1S/C16H21BrINO/c1-11-5-4-8-16(9-11,10-17)19-15(20)13-7-3-6-12(2)14(13)18/h3,6-7,11H,4-5,8-10H2,1-2H3,(H,19,20). The first-order valence-corrected chi connectivity index (χ1v) is 9.31. The zero-order valence-electron chi connectivity index (χ0n) is 12.0. The van der Waals surface area contributed by atoms with Crippen LogP contribution in [0.5, 0.6) is 0 Å². The molecule has 1 aromatic carbocycles. The maximum atomic E-state index is 12.6. The topological polar surface area (TPSA) is 29.1 Å². The first-order chi connectivity index (χ1) is 9.47. The van der Waals surface area contributed by atoms with Gasteiger partial charge in [-0.3, -0.25) is 4.79 Å². The predicted octanol–water partition coefficient (Wildman–Crippen LogP) is 4.67. The van der Waals surface area contributed by atoms with Gasteiger partial charge in [0, 0.05) is 8.90 Å². The van der Waals surface area contributed by atoms with Gasteiger partial charge in [0.05, 0.1) is 11.1 Å². The van der Waals surface area contributed by atoms with Crippen LogP contribution < -0.4 is 5.32 Å². The van der Waals surface area contributed by atoms with Gasteiger partial charge in [-0.05, 0) is 59.9 Å². The molecular formula is C16H21BrINO. The second-order valence-corrected chi connectivity index (χ2v) is 7.65. The molecule has 0 saturated heterocycles. The largest absolute Gasteiger partial charge is 0.346 e. The fraction of sp³-hybridized carbons (Fsp3) is 0.562. The van der Waals surface area contributed by atoms with Gasteiger partial charge in [0.1, 0.15) is 0 Å². The van der Waals surface area contributed by atoms with Crippen LogP contribution in [0.4, 0.5) is 0 Å². The van der Waals surface area contributed by atoms with Crippen LogP contribution in [0.25, 0.3) is 0 Å². The van der Waals surface area contributed by atoms with E-state index < -0.39 is 0 Å². The Bertz CT molecular complexity index is 505. The number of hydrogen-bond donors (Lipinski definition) is 1. The SMILES string of the molecule is Cc1cccc(C(=O)NC2(CBr)CCCC(C)C2)c1I. The summed E-state index contributed by atoms with van der Waals surface area (Å²) in [6, 6.07) is 5.91. The fourth-order valence-electron chi connectivity index (χ4n) is 3.06. The summed E-state index contributed by atoms with van der Waals surface area (Å²) >= 11 is 5.88. The van der Waals surface area contributed by atoms with Gasteiger partial charge in [-0.2, -0.15) is 0 Å². The molecule has 2 atom stereocenters. The van der Waals surface area contributed by atoms with Gasteiger partial charge in [-0.15, -0.1) is 0 Å². The average Bonchev–Trinajstić information content (AvgIpc) is 2.41. The lowest BCUT2D eigenvalue weighted by Gasteiger charge is -2.39. The number of carbonyl (C=O) groups is 1. The Morgan fingerprint density at radius 2 is 2.30 bits per heavy atom. The van der Waals surface area contributed by atoms with Crippen LogP contribution >= 0.6 is 38.5 Å². The van der Waals surface area contributed by atoms with Crippen LogP contribution in [0, 0.1) is 16.4 Å². The summed E-state index contributed by atoms with van der Waals surface area (Å²) in [5.74, 6) is 0.741. The molecule has 0 bridgehead atoms. The first kappa shape index (κ1) is 16.3. The molecule has 0 heterocycles. The van der Waals surface area contributed by atoms with Crippen LogP contribution in [0.3, 0.4) is 0 Å². The van der Waals surface area contributed by atoms with Crippen molar-refractivity contribution in [3.8, 4) is 0 Å². The quantitative estimate of drug-likeness (QED) is 0.527. The molecule has 1 aliphatic rings. The summed E-state index contributed by atoms with van der Waals surface area (Å²) < 4.78 is 1.05. The van der Waals surface area contributed by atoms with Gasteiger partial charge < -0.3 is 5.32 Å². The van der Waals surface area contributed by atoms with Gasteiger partial charge in [0.25, 0.3) is 5.91 Å². The highest BCUT2D eigenvalue weighted by molar-refractivity contribution is 14.1. The van der Waals surface area contributed by atoms with Crippen LogP contribution in [0.1, 0.15) is 48.5 Å². The lowest BCUT2D eigenvalue weighted by Crippen LogP contribution is -2.52. The van der Waals surface area contributed by atoms with Crippen molar-refractivity contribution in [3.05, 3.63) is 32.9 Å². The smallest absolute Gasteiger partial charge is 0.252 e. The molecule has 1 N–H and O–H groups in total. The molecule has 2 nitrogen and oxygen atoms in total. The molecule has 2 unspecified atom stereocenters. The molecule has 1 fully saturated rings. The Balaban J connectivity index is 2.19. The lowest BCUT2D eigenvalue weighted by atomic mass is 9.77. The van der Waals surface area contributed by atoms with Crippen LogP contribution in [0.15, 0.2) is 18.2 Å². The predicted molar refractivity (Wildman–Crippen MR) is 95.5 cm³/mol. The van der Waals surface area contributed by atoms with Gasteiger partial charge in [-0.25, -0.2) is 0 Å². The van der Waals surface area contributed by atoms with Crippen LogP contribution in [-0.2, 0) is 0 Å². The number of benzene rings is 1. The Hall–Kier alpha value is -0.100. The minimum absolute atomic E-state index is 0.0617. The lowest BCUT2D eigenvalue weighted by molar-refractivity contribution is 0.0868. The normalized spacial score (nSPS) is 26.3. The van der Waals surface area contributed by atoms with Crippen molar-refractivity contribution in [2.45, 2.75) is 45.1 Å². The molecular weight excluding hydrogens is 429 g/mol. The molecule has 1 aromatic rings. The molecule has 20 heavy (non-hydrogen) atoms. The molecule has 0 aliphatic heterocycles. The second-order valence-electron chi connectivity index (χ2n) is 6.01. The number of amides is 1. The fourth-order valence-corrected chi connectivity index (χ4v) is 4.31. The molecule has 1 saturated carbocycles. The Labute approximate surface area is 143 Å². The molecule has 0 radical (unpaired) electrons. The molecule has 0 spiro atoms. The van der Waals surface area contributed by atoms with E-state index in [4.69, 9.17) is 0 Å². The number of nitrogens with one attached hydrogen (secondary N) is 1. The summed E-state index contributed by atoms with van der Waals surface area (Å²) in [7, 11) is 0. The molecule has 4 heteroatoms. The number of hydrogen-bond acceptors (Lipinski definition) is 1. The van der Waals surface area contributed by atoms with E-state index in [2.05, 4.69) is 50.8 Å². The minimum Gasteiger partial charge on any atom is -0.346 e. The molecule has 1 aliphatic carbocycles. The zero-order valence-corrected chi connectivity index (χ0v) is 15.8. The monoisotopic (exact) mass is 449 g/mol. The molecule has 1 amide bonds. The maximum absolute atomic E-state index is 12.6. The number of rotatable bonds is 3. The van der Waals surface area contributed by atoms with E-state index in [9.17, 15) is 4.79 Å². The zero-order chi connectivity index (χ0) is 14.8. The van der Waals surface area contributed by atoms with Crippen molar-refractivity contribution >= 4 is 44.4 Å². The van der Waals surface area contributed by atoms with Crippen molar-refractivity contribution in [2.75, 3.05) is 5.33 Å². The summed E-state index contributed by atoms with van der Waals surface area (Å²) in [5.41, 5.74) is 1.87. The summed E-state index contributed by atoms with van der Waals surface area (Å²) in [6.07, 6.45) is 4.59.